The average molecular weight is 323 g/mol. The number of benzene rings is 2. The van der Waals surface area contributed by atoms with E-state index in [0.29, 0.717) is 22.8 Å². The molecule has 0 radical (unpaired) electrons. The molecule has 2 amide bonds. The summed E-state index contributed by atoms with van der Waals surface area (Å²) in [4.78, 5) is 26.8. The van der Waals surface area contributed by atoms with Crippen LogP contribution in [0.15, 0.2) is 48.5 Å². The van der Waals surface area contributed by atoms with E-state index in [2.05, 4.69) is 15.6 Å². The fourth-order valence-electron chi connectivity index (χ4n) is 2.47. The summed E-state index contributed by atoms with van der Waals surface area (Å²) in [5.41, 5.74) is 2.40. The number of hydrogen-bond donors (Lipinski definition) is 3. The molecule has 24 heavy (non-hydrogen) atoms. The Kier molecular flexibility index (Phi) is 4.20. The molecule has 0 aliphatic rings. The predicted octanol–water partition coefficient (Wildman–Crippen LogP) is 3.39. The topological polar surface area (TPSA) is 83.2 Å². The Bertz CT molecular complexity index is 882. The van der Waals surface area contributed by atoms with Crippen molar-refractivity contribution in [3.63, 3.8) is 0 Å². The van der Waals surface area contributed by atoms with Gasteiger partial charge in [0.15, 0.2) is 0 Å². The summed E-state index contributed by atoms with van der Waals surface area (Å²) in [5, 5.41) is 6.44. The summed E-state index contributed by atoms with van der Waals surface area (Å²) in [7, 11) is 1.52. The van der Waals surface area contributed by atoms with Crippen molar-refractivity contribution >= 4 is 34.1 Å². The monoisotopic (exact) mass is 323 g/mol. The molecule has 6 heteroatoms. The lowest BCUT2D eigenvalue weighted by molar-refractivity contribution is -0.114. The molecule has 2 aromatic carbocycles. The van der Waals surface area contributed by atoms with E-state index >= 15 is 0 Å². The molecule has 0 aliphatic heterocycles. The number of fused-ring (bicyclic) bond motifs is 1. The highest BCUT2D eigenvalue weighted by molar-refractivity contribution is 6.07. The minimum absolute atomic E-state index is 0.187. The quantitative estimate of drug-likeness (QED) is 0.688. The van der Waals surface area contributed by atoms with Gasteiger partial charge in [-0.1, -0.05) is 18.2 Å². The number of aromatic amines is 1. The minimum atomic E-state index is -0.288. The molecule has 0 atom stereocenters. The second-order valence-electron chi connectivity index (χ2n) is 5.32. The van der Waals surface area contributed by atoms with E-state index in [9.17, 15) is 9.59 Å². The lowest BCUT2D eigenvalue weighted by atomic mass is 10.2. The van der Waals surface area contributed by atoms with E-state index in [1.165, 1.54) is 14.0 Å². The molecule has 3 rings (SSSR count). The molecular formula is C18H17N3O3. The Morgan fingerprint density at radius 3 is 2.54 bits per heavy atom. The number of ether oxygens (including phenoxy) is 1. The van der Waals surface area contributed by atoms with Gasteiger partial charge in [-0.25, -0.2) is 0 Å². The molecular weight excluding hydrogens is 306 g/mol. The van der Waals surface area contributed by atoms with Crippen LogP contribution in [0.25, 0.3) is 10.9 Å². The minimum Gasteiger partial charge on any atom is -0.495 e. The van der Waals surface area contributed by atoms with Gasteiger partial charge in [0, 0.05) is 23.5 Å². The highest BCUT2D eigenvalue weighted by Crippen LogP contribution is 2.28. The summed E-state index contributed by atoms with van der Waals surface area (Å²) in [6.07, 6.45) is 0. The van der Waals surface area contributed by atoms with Crippen LogP contribution in [0.1, 0.15) is 17.4 Å². The number of aromatic nitrogens is 1. The molecule has 0 spiro atoms. The van der Waals surface area contributed by atoms with Gasteiger partial charge in [-0.3, -0.25) is 9.59 Å². The average Bonchev–Trinajstić information content (AvgIpc) is 2.99. The van der Waals surface area contributed by atoms with Gasteiger partial charge < -0.3 is 20.4 Å². The molecule has 0 aliphatic carbocycles. The van der Waals surface area contributed by atoms with Crippen molar-refractivity contribution in [2.45, 2.75) is 6.92 Å². The maximum Gasteiger partial charge on any atom is 0.272 e. The van der Waals surface area contributed by atoms with Crippen LogP contribution in [0.5, 0.6) is 5.75 Å². The molecule has 0 saturated carbocycles. The third kappa shape index (κ3) is 3.22. The first-order chi connectivity index (χ1) is 11.6. The smallest absolute Gasteiger partial charge is 0.272 e. The van der Waals surface area contributed by atoms with Crippen molar-refractivity contribution in [2.24, 2.45) is 0 Å². The predicted molar refractivity (Wildman–Crippen MR) is 93.5 cm³/mol. The van der Waals surface area contributed by atoms with Crippen molar-refractivity contribution in [3.05, 3.63) is 54.2 Å². The molecule has 0 saturated heterocycles. The van der Waals surface area contributed by atoms with Gasteiger partial charge in [0.25, 0.3) is 5.91 Å². The van der Waals surface area contributed by atoms with Gasteiger partial charge in [-0.2, -0.15) is 0 Å². The van der Waals surface area contributed by atoms with Crippen LogP contribution in [0.2, 0.25) is 0 Å². The fourth-order valence-corrected chi connectivity index (χ4v) is 2.47. The number of amides is 2. The van der Waals surface area contributed by atoms with E-state index in [1.54, 1.807) is 24.3 Å². The van der Waals surface area contributed by atoms with E-state index in [4.69, 9.17) is 4.74 Å². The van der Waals surface area contributed by atoms with Crippen LogP contribution in [0, 0.1) is 0 Å². The molecule has 122 valence electrons. The van der Waals surface area contributed by atoms with E-state index < -0.39 is 0 Å². The molecule has 3 N–H and O–H groups in total. The molecule has 0 unspecified atom stereocenters. The first-order valence-electron chi connectivity index (χ1n) is 7.41. The molecule has 3 aromatic rings. The van der Waals surface area contributed by atoms with Crippen LogP contribution in [-0.4, -0.2) is 23.9 Å². The number of carbonyl (C=O) groups excluding carboxylic acids is 2. The first kappa shape index (κ1) is 15.6. The number of H-pyrrole nitrogens is 1. The van der Waals surface area contributed by atoms with Crippen molar-refractivity contribution < 1.29 is 14.3 Å². The number of methoxy groups -OCH3 is 1. The Morgan fingerprint density at radius 1 is 1.04 bits per heavy atom. The molecule has 1 heterocycles. The fraction of sp³-hybridized carbons (Fsp3) is 0.111. The van der Waals surface area contributed by atoms with Gasteiger partial charge in [0.05, 0.1) is 12.8 Å². The van der Waals surface area contributed by atoms with Gasteiger partial charge >= 0.3 is 0 Å². The molecule has 1 aromatic heterocycles. The summed E-state index contributed by atoms with van der Waals surface area (Å²) >= 11 is 0. The largest absolute Gasteiger partial charge is 0.495 e. The van der Waals surface area contributed by atoms with Gasteiger partial charge in [0.2, 0.25) is 5.91 Å². The van der Waals surface area contributed by atoms with Crippen LogP contribution in [0.3, 0.4) is 0 Å². The van der Waals surface area contributed by atoms with Crippen molar-refractivity contribution in [3.8, 4) is 5.75 Å². The van der Waals surface area contributed by atoms with E-state index in [1.807, 2.05) is 24.3 Å². The van der Waals surface area contributed by atoms with Crippen molar-refractivity contribution in [2.75, 3.05) is 17.7 Å². The summed E-state index contributed by atoms with van der Waals surface area (Å²) in [5.74, 6) is 0.0334. The second kappa shape index (κ2) is 6.45. The lowest BCUT2D eigenvalue weighted by Crippen LogP contribution is -2.14. The standard InChI is InChI=1S/C18H17N3O3/c1-11(22)19-13-7-8-17(24-2)15(10-13)21-18(23)16-9-12-5-3-4-6-14(12)20-16/h3-10,20H,1-2H3,(H,19,22)(H,21,23). The van der Waals surface area contributed by atoms with Crippen LogP contribution in [-0.2, 0) is 4.79 Å². The summed E-state index contributed by atoms with van der Waals surface area (Å²) < 4.78 is 5.26. The Hall–Kier alpha value is -3.28. The third-order valence-corrected chi connectivity index (χ3v) is 3.54. The van der Waals surface area contributed by atoms with Crippen molar-refractivity contribution in [1.82, 2.24) is 4.98 Å². The van der Waals surface area contributed by atoms with E-state index in [-0.39, 0.29) is 11.8 Å². The number of rotatable bonds is 4. The lowest BCUT2D eigenvalue weighted by Gasteiger charge is -2.12. The van der Waals surface area contributed by atoms with Gasteiger partial charge in [0.1, 0.15) is 11.4 Å². The summed E-state index contributed by atoms with van der Waals surface area (Å²) in [6.45, 7) is 1.42. The number of hydrogen-bond acceptors (Lipinski definition) is 3. The molecule has 6 nitrogen and oxygen atoms in total. The van der Waals surface area contributed by atoms with E-state index in [0.717, 1.165) is 10.9 Å². The van der Waals surface area contributed by atoms with Crippen LogP contribution in [0.4, 0.5) is 11.4 Å². The van der Waals surface area contributed by atoms with Crippen LogP contribution < -0.4 is 15.4 Å². The first-order valence-corrected chi connectivity index (χ1v) is 7.41. The number of anilines is 2. The number of para-hydroxylation sites is 1. The van der Waals surface area contributed by atoms with Gasteiger partial charge in [-0.05, 0) is 30.3 Å². The highest BCUT2D eigenvalue weighted by atomic mass is 16.5. The summed E-state index contributed by atoms with van der Waals surface area (Å²) in [6, 6.07) is 14.5. The molecule has 0 fully saturated rings. The SMILES string of the molecule is COc1ccc(NC(C)=O)cc1NC(=O)c1cc2ccccc2[nH]1. The van der Waals surface area contributed by atoms with Crippen molar-refractivity contribution in [1.29, 1.82) is 0 Å². The Balaban J connectivity index is 1.88. The number of nitrogens with one attached hydrogen (secondary N) is 3. The number of carbonyl (C=O) groups is 2. The Labute approximate surface area is 138 Å². The van der Waals surface area contributed by atoms with Gasteiger partial charge in [-0.15, -0.1) is 0 Å². The third-order valence-electron chi connectivity index (χ3n) is 3.54. The normalized spacial score (nSPS) is 10.4. The zero-order valence-electron chi connectivity index (χ0n) is 13.3. The second-order valence-corrected chi connectivity index (χ2v) is 5.32. The Morgan fingerprint density at radius 2 is 1.83 bits per heavy atom. The zero-order chi connectivity index (χ0) is 17.1. The highest BCUT2D eigenvalue weighted by Gasteiger charge is 2.13. The molecule has 0 bridgehead atoms. The maximum atomic E-state index is 12.5. The zero-order valence-corrected chi connectivity index (χ0v) is 13.3. The van der Waals surface area contributed by atoms with Crippen LogP contribution >= 0.6 is 0 Å². The maximum absolute atomic E-state index is 12.5.